The SMILES string of the molecule is Cc1c(C[C@H](C)N)sc2c(NCc3ncccc3F)nc(Cl)nc12.Cl.Cl. The minimum atomic E-state index is -0.360. The van der Waals surface area contributed by atoms with Crippen molar-refractivity contribution < 1.29 is 4.39 Å². The maximum absolute atomic E-state index is 13.7. The van der Waals surface area contributed by atoms with Gasteiger partial charge < -0.3 is 11.1 Å². The molecule has 0 aliphatic heterocycles. The number of anilines is 1. The number of aromatic nitrogens is 3. The average molecular weight is 439 g/mol. The summed E-state index contributed by atoms with van der Waals surface area (Å²) in [5, 5.41) is 3.27. The van der Waals surface area contributed by atoms with Crippen LogP contribution in [0, 0.1) is 12.7 Å². The van der Waals surface area contributed by atoms with Crippen molar-refractivity contribution >= 4 is 63.8 Å². The number of fused-ring (bicyclic) bond motifs is 1. The largest absolute Gasteiger partial charge is 0.363 e. The molecule has 142 valence electrons. The Kier molecular flexibility index (Phi) is 8.43. The first-order chi connectivity index (χ1) is 11.5. The van der Waals surface area contributed by atoms with Crippen LogP contribution in [0.3, 0.4) is 0 Å². The normalized spacial score (nSPS) is 11.6. The van der Waals surface area contributed by atoms with E-state index in [2.05, 4.69) is 20.3 Å². The van der Waals surface area contributed by atoms with Crippen LogP contribution in [-0.2, 0) is 13.0 Å². The van der Waals surface area contributed by atoms with E-state index in [-0.39, 0.29) is 48.5 Å². The Hall–Kier alpha value is -1.25. The average Bonchev–Trinajstić information content (AvgIpc) is 2.82. The molecule has 0 spiro atoms. The van der Waals surface area contributed by atoms with Crippen LogP contribution < -0.4 is 11.1 Å². The molecule has 10 heteroatoms. The number of rotatable bonds is 5. The van der Waals surface area contributed by atoms with Crippen molar-refractivity contribution in [1.29, 1.82) is 0 Å². The summed E-state index contributed by atoms with van der Waals surface area (Å²) in [6.07, 6.45) is 2.32. The Morgan fingerprint density at radius 1 is 1.35 bits per heavy atom. The molecule has 0 aliphatic carbocycles. The minimum absolute atomic E-state index is 0. The minimum Gasteiger partial charge on any atom is -0.363 e. The first kappa shape index (κ1) is 22.8. The molecule has 5 nitrogen and oxygen atoms in total. The van der Waals surface area contributed by atoms with E-state index in [0.717, 1.165) is 27.1 Å². The van der Waals surface area contributed by atoms with Crippen molar-refractivity contribution in [2.24, 2.45) is 5.73 Å². The number of hydrogen-bond donors (Lipinski definition) is 2. The van der Waals surface area contributed by atoms with Crippen molar-refractivity contribution in [3.8, 4) is 0 Å². The van der Waals surface area contributed by atoms with Crippen molar-refractivity contribution in [3.05, 3.63) is 45.6 Å². The van der Waals surface area contributed by atoms with Gasteiger partial charge >= 0.3 is 0 Å². The molecule has 26 heavy (non-hydrogen) atoms. The second-order valence-electron chi connectivity index (χ2n) is 5.64. The number of nitrogens with two attached hydrogens (primary N) is 1. The van der Waals surface area contributed by atoms with Gasteiger partial charge in [-0.3, -0.25) is 4.98 Å². The summed E-state index contributed by atoms with van der Waals surface area (Å²) in [6, 6.07) is 2.99. The van der Waals surface area contributed by atoms with E-state index in [1.54, 1.807) is 23.6 Å². The van der Waals surface area contributed by atoms with Gasteiger partial charge in [0.25, 0.3) is 0 Å². The lowest BCUT2D eigenvalue weighted by Crippen LogP contribution is -2.17. The molecule has 0 saturated heterocycles. The van der Waals surface area contributed by atoms with Crippen molar-refractivity contribution in [3.63, 3.8) is 0 Å². The van der Waals surface area contributed by atoms with E-state index in [9.17, 15) is 4.39 Å². The van der Waals surface area contributed by atoms with Gasteiger partial charge in [0.1, 0.15) is 11.6 Å². The summed E-state index contributed by atoms with van der Waals surface area (Å²) in [4.78, 5) is 13.8. The molecular formula is C16H19Cl3FN5S. The van der Waals surface area contributed by atoms with E-state index in [0.29, 0.717) is 11.5 Å². The molecule has 0 bridgehead atoms. The lowest BCUT2D eigenvalue weighted by atomic mass is 10.1. The molecule has 3 aromatic heterocycles. The molecular weight excluding hydrogens is 420 g/mol. The lowest BCUT2D eigenvalue weighted by molar-refractivity contribution is 0.602. The Morgan fingerprint density at radius 2 is 2.08 bits per heavy atom. The fourth-order valence-corrected chi connectivity index (χ4v) is 3.95. The van der Waals surface area contributed by atoms with Gasteiger partial charge in [0.2, 0.25) is 5.28 Å². The number of aryl methyl sites for hydroxylation is 1. The zero-order chi connectivity index (χ0) is 17.3. The van der Waals surface area contributed by atoms with Gasteiger partial charge in [-0.05, 0) is 49.6 Å². The molecule has 3 rings (SSSR count). The number of halogens is 4. The van der Waals surface area contributed by atoms with E-state index in [4.69, 9.17) is 17.3 Å². The molecule has 0 amide bonds. The summed E-state index contributed by atoms with van der Waals surface area (Å²) >= 11 is 7.64. The van der Waals surface area contributed by atoms with Crippen molar-refractivity contribution in [2.75, 3.05) is 5.32 Å². The molecule has 3 heterocycles. The topological polar surface area (TPSA) is 76.7 Å². The summed E-state index contributed by atoms with van der Waals surface area (Å²) in [5.41, 5.74) is 8.10. The van der Waals surface area contributed by atoms with E-state index < -0.39 is 0 Å². The lowest BCUT2D eigenvalue weighted by Gasteiger charge is -2.07. The molecule has 3 aromatic rings. The van der Waals surface area contributed by atoms with Gasteiger partial charge in [0.15, 0.2) is 0 Å². The third kappa shape index (κ3) is 4.92. The molecule has 0 saturated carbocycles. The summed E-state index contributed by atoms with van der Waals surface area (Å²) in [6.45, 7) is 4.18. The molecule has 3 N–H and O–H groups in total. The van der Waals surface area contributed by atoms with Crippen LogP contribution in [0.5, 0.6) is 0 Å². The Bertz CT molecular complexity index is 888. The maximum atomic E-state index is 13.7. The smallest absolute Gasteiger partial charge is 0.224 e. The van der Waals surface area contributed by atoms with Crippen LogP contribution in [0.2, 0.25) is 5.28 Å². The zero-order valence-electron chi connectivity index (χ0n) is 14.1. The van der Waals surface area contributed by atoms with E-state index in [1.807, 2.05) is 13.8 Å². The highest BCUT2D eigenvalue weighted by atomic mass is 35.5. The van der Waals surface area contributed by atoms with Crippen LogP contribution in [0.1, 0.15) is 23.1 Å². The number of nitrogens with zero attached hydrogens (tertiary/aromatic N) is 3. The van der Waals surface area contributed by atoms with Crippen molar-refractivity contribution in [2.45, 2.75) is 32.9 Å². The summed E-state index contributed by atoms with van der Waals surface area (Å²) in [7, 11) is 0. The second-order valence-corrected chi connectivity index (χ2v) is 7.08. The number of hydrogen-bond acceptors (Lipinski definition) is 6. The van der Waals surface area contributed by atoms with Gasteiger partial charge in [-0.25, -0.2) is 9.37 Å². The standard InChI is InChI=1S/C16H17ClFN5S.2ClH/c1-8(19)6-12-9(2)13-14(24-12)15(23-16(17)22-13)21-7-11-10(18)4-3-5-20-11;;/h3-5,8H,6-7,19H2,1-2H3,(H,21,22,23);2*1H/t8-;;/m0../s1. The number of nitrogens with one attached hydrogen (secondary N) is 1. The highest BCUT2D eigenvalue weighted by molar-refractivity contribution is 7.19. The quantitative estimate of drug-likeness (QED) is 0.572. The van der Waals surface area contributed by atoms with Crippen LogP contribution >= 0.6 is 47.8 Å². The third-order valence-electron chi connectivity index (χ3n) is 3.60. The maximum Gasteiger partial charge on any atom is 0.224 e. The van der Waals surface area contributed by atoms with Gasteiger partial charge in [0, 0.05) is 17.1 Å². The summed E-state index contributed by atoms with van der Waals surface area (Å²) in [5.74, 6) is 0.223. The highest BCUT2D eigenvalue weighted by Gasteiger charge is 2.17. The first-order valence-electron chi connectivity index (χ1n) is 7.50. The predicted molar refractivity (Wildman–Crippen MR) is 111 cm³/mol. The molecule has 0 aromatic carbocycles. The highest BCUT2D eigenvalue weighted by Crippen LogP contribution is 2.35. The molecule has 0 aliphatic rings. The Labute approximate surface area is 172 Å². The molecule has 0 unspecified atom stereocenters. The van der Waals surface area contributed by atoms with Gasteiger partial charge in [-0.2, -0.15) is 4.98 Å². The van der Waals surface area contributed by atoms with E-state index >= 15 is 0 Å². The monoisotopic (exact) mass is 437 g/mol. The predicted octanol–water partition coefficient (Wildman–Crippen LogP) is 4.53. The third-order valence-corrected chi connectivity index (χ3v) is 5.08. The fourth-order valence-electron chi connectivity index (χ4n) is 2.43. The van der Waals surface area contributed by atoms with Gasteiger partial charge in [0.05, 0.1) is 22.5 Å². The van der Waals surface area contributed by atoms with Crippen LogP contribution in [0.15, 0.2) is 18.3 Å². The first-order valence-corrected chi connectivity index (χ1v) is 8.69. The van der Waals surface area contributed by atoms with Crippen LogP contribution in [0.25, 0.3) is 10.2 Å². The molecule has 0 radical (unpaired) electrons. The van der Waals surface area contributed by atoms with Crippen LogP contribution in [0.4, 0.5) is 10.2 Å². The van der Waals surface area contributed by atoms with Gasteiger partial charge in [-0.1, -0.05) is 0 Å². The zero-order valence-corrected chi connectivity index (χ0v) is 17.3. The Morgan fingerprint density at radius 3 is 2.73 bits per heavy atom. The summed E-state index contributed by atoms with van der Waals surface area (Å²) < 4.78 is 14.6. The van der Waals surface area contributed by atoms with Gasteiger partial charge in [-0.15, -0.1) is 36.2 Å². The fraction of sp³-hybridized carbons (Fsp3) is 0.312. The second kappa shape index (κ2) is 9.62. The van der Waals surface area contributed by atoms with Crippen LogP contribution in [-0.4, -0.2) is 21.0 Å². The Balaban J connectivity index is 0.00000169. The number of thiophene rings is 1. The molecule has 0 fully saturated rings. The van der Waals surface area contributed by atoms with Crippen molar-refractivity contribution in [1.82, 2.24) is 15.0 Å². The number of pyridine rings is 1. The molecule has 1 atom stereocenters. The van der Waals surface area contributed by atoms with E-state index in [1.165, 1.54) is 6.07 Å².